The van der Waals surface area contributed by atoms with E-state index >= 15 is 0 Å². The van der Waals surface area contributed by atoms with E-state index in [1.54, 1.807) is 0 Å². The van der Waals surface area contributed by atoms with Crippen molar-refractivity contribution < 1.29 is 4.74 Å². The van der Waals surface area contributed by atoms with Crippen molar-refractivity contribution >= 4 is 0 Å². The Hall–Kier alpha value is -0.860. The van der Waals surface area contributed by atoms with Crippen molar-refractivity contribution in [2.45, 2.75) is 59.1 Å². The number of benzene rings is 1. The van der Waals surface area contributed by atoms with Gasteiger partial charge in [0.15, 0.2) is 0 Å². The first kappa shape index (κ1) is 16.5. The lowest BCUT2D eigenvalue weighted by Crippen LogP contribution is -2.35. The number of nitrogens with one attached hydrogen (secondary N) is 1. The highest BCUT2D eigenvalue weighted by Gasteiger charge is 2.37. The summed E-state index contributed by atoms with van der Waals surface area (Å²) in [5, 5.41) is 3.66. The fourth-order valence-electron chi connectivity index (χ4n) is 3.15. The molecular weight excluding hydrogens is 258 g/mol. The summed E-state index contributed by atoms with van der Waals surface area (Å²) < 4.78 is 6.09. The topological polar surface area (TPSA) is 21.3 Å². The molecule has 2 unspecified atom stereocenters. The van der Waals surface area contributed by atoms with Crippen LogP contribution in [0.25, 0.3) is 0 Å². The van der Waals surface area contributed by atoms with Crippen LogP contribution in [0.3, 0.4) is 0 Å². The lowest BCUT2D eigenvalue weighted by atomic mass is 9.94. The van der Waals surface area contributed by atoms with Crippen LogP contribution in [0.4, 0.5) is 0 Å². The highest BCUT2D eigenvalue weighted by atomic mass is 16.5. The van der Waals surface area contributed by atoms with Gasteiger partial charge in [-0.15, -0.1) is 0 Å². The zero-order chi connectivity index (χ0) is 15.2. The number of ether oxygens (including phenoxy) is 1. The largest absolute Gasteiger partial charge is 0.376 e. The van der Waals surface area contributed by atoms with Gasteiger partial charge in [-0.05, 0) is 55.7 Å². The van der Waals surface area contributed by atoms with E-state index in [4.69, 9.17) is 4.74 Å². The third-order valence-electron chi connectivity index (χ3n) is 4.15. The highest BCUT2D eigenvalue weighted by Crippen LogP contribution is 2.40. The lowest BCUT2D eigenvalue weighted by Gasteiger charge is -2.28. The van der Waals surface area contributed by atoms with E-state index < -0.39 is 0 Å². The molecule has 0 aliphatic heterocycles. The monoisotopic (exact) mass is 289 g/mol. The normalized spacial score (nSPS) is 18.0. The molecule has 1 aromatic carbocycles. The molecule has 0 spiro atoms. The van der Waals surface area contributed by atoms with Gasteiger partial charge in [-0.1, -0.05) is 45.0 Å². The highest BCUT2D eigenvalue weighted by molar-refractivity contribution is 5.28. The van der Waals surface area contributed by atoms with Gasteiger partial charge in [-0.25, -0.2) is 0 Å². The maximum Gasteiger partial charge on any atom is 0.0797 e. The van der Waals surface area contributed by atoms with Crippen molar-refractivity contribution in [1.82, 2.24) is 5.32 Å². The van der Waals surface area contributed by atoms with Crippen LogP contribution in [0.2, 0.25) is 0 Å². The smallest absolute Gasteiger partial charge is 0.0797 e. The Morgan fingerprint density at radius 2 is 2.00 bits per heavy atom. The second-order valence-corrected chi connectivity index (χ2v) is 6.64. The maximum absolute atomic E-state index is 6.09. The summed E-state index contributed by atoms with van der Waals surface area (Å²) in [5.74, 6) is 1.44. The van der Waals surface area contributed by atoms with E-state index in [9.17, 15) is 0 Å². The molecule has 1 aliphatic rings. The van der Waals surface area contributed by atoms with Crippen molar-refractivity contribution in [1.29, 1.82) is 0 Å². The average molecular weight is 289 g/mol. The molecule has 1 aliphatic carbocycles. The summed E-state index contributed by atoms with van der Waals surface area (Å²) in [6.07, 6.45) is 4.11. The molecule has 0 bridgehead atoms. The summed E-state index contributed by atoms with van der Waals surface area (Å²) >= 11 is 0. The summed E-state index contributed by atoms with van der Waals surface area (Å²) in [6.45, 7) is 10.6. The van der Waals surface area contributed by atoms with Gasteiger partial charge in [0.1, 0.15) is 0 Å². The Balaban J connectivity index is 2.19. The predicted molar refractivity (Wildman–Crippen MR) is 89.5 cm³/mol. The number of rotatable bonds is 9. The van der Waals surface area contributed by atoms with Gasteiger partial charge in [-0.2, -0.15) is 0 Å². The zero-order valence-electron chi connectivity index (χ0n) is 14.1. The molecule has 2 atom stereocenters. The summed E-state index contributed by atoms with van der Waals surface area (Å²) in [5.41, 5.74) is 2.83. The second kappa shape index (κ2) is 7.95. The van der Waals surface area contributed by atoms with Gasteiger partial charge in [0.2, 0.25) is 0 Å². The third-order valence-corrected chi connectivity index (χ3v) is 4.15. The molecule has 0 aromatic heterocycles. The van der Waals surface area contributed by atoms with Crippen molar-refractivity contribution in [2.75, 3.05) is 13.2 Å². The SMILES string of the molecule is CCNC(c1cccc(CC(C)C)c1)C(OCC)C1CC1. The first-order valence-corrected chi connectivity index (χ1v) is 8.59. The molecule has 2 heteroatoms. The Labute approximate surface area is 130 Å². The van der Waals surface area contributed by atoms with Crippen molar-refractivity contribution in [3.8, 4) is 0 Å². The second-order valence-electron chi connectivity index (χ2n) is 6.64. The fourth-order valence-corrected chi connectivity index (χ4v) is 3.15. The first-order chi connectivity index (χ1) is 10.2. The van der Waals surface area contributed by atoms with Crippen LogP contribution in [0.1, 0.15) is 57.7 Å². The molecule has 0 amide bonds. The van der Waals surface area contributed by atoms with Crippen molar-refractivity contribution in [2.24, 2.45) is 11.8 Å². The van der Waals surface area contributed by atoms with E-state index in [2.05, 4.69) is 57.3 Å². The molecule has 0 heterocycles. The Kier molecular flexibility index (Phi) is 6.25. The molecule has 1 aromatic rings. The van der Waals surface area contributed by atoms with Crippen molar-refractivity contribution in [3.63, 3.8) is 0 Å². The Bertz CT molecular complexity index is 425. The van der Waals surface area contributed by atoms with Gasteiger partial charge in [0.25, 0.3) is 0 Å². The quantitative estimate of drug-likeness (QED) is 0.729. The van der Waals surface area contributed by atoms with Gasteiger partial charge in [0.05, 0.1) is 12.1 Å². The van der Waals surface area contributed by atoms with Gasteiger partial charge in [0, 0.05) is 6.61 Å². The fraction of sp³-hybridized carbons (Fsp3) is 0.684. The van der Waals surface area contributed by atoms with Crippen LogP contribution < -0.4 is 5.32 Å². The van der Waals surface area contributed by atoms with Crippen LogP contribution in [0, 0.1) is 11.8 Å². The average Bonchev–Trinajstić information content (AvgIpc) is 3.27. The summed E-state index contributed by atoms with van der Waals surface area (Å²) in [7, 11) is 0. The molecule has 2 nitrogen and oxygen atoms in total. The molecular formula is C19H31NO. The number of likely N-dealkylation sites (N-methyl/N-ethyl adjacent to an activating group) is 1. The van der Waals surface area contributed by atoms with Crippen LogP contribution in [-0.2, 0) is 11.2 Å². The van der Waals surface area contributed by atoms with E-state index in [0.29, 0.717) is 18.1 Å². The molecule has 2 rings (SSSR count). The molecule has 21 heavy (non-hydrogen) atoms. The molecule has 118 valence electrons. The minimum Gasteiger partial charge on any atom is -0.376 e. The molecule has 0 saturated heterocycles. The first-order valence-electron chi connectivity index (χ1n) is 8.59. The Morgan fingerprint density at radius 3 is 2.57 bits per heavy atom. The molecule has 1 saturated carbocycles. The molecule has 1 N–H and O–H groups in total. The predicted octanol–water partition coefficient (Wildman–Crippen LogP) is 4.35. The van der Waals surface area contributed by atoms with Gasteiger partial charge < -0.3 is 10.1 Å². The van der Waals surface area contributed by atoms with E-state index in [-0.39, 0.29) is 0 Å². The standard InChI is InChI=1S/C19H31NO/c1-5-20-18(19(21-6-2)16-10-11-16)17-9-7-8-15(13-17)12-14(3)4/h7-9,13-14,16,18-20H,5-6,10-12H2,1-4H3. The van der Waals surface area contributed by atoms with Gasteiger partial charge >= 0.3 is 0 Å². The zero-order valence-corrected chi connectivity index (χ0v) is 14.1. The molecule has 1 fully saturated rings. The minimum atomic E-state index is 0.323. The number of hydrogen-bond acceptors (Lipinski definition) is 2. The van der Waals surface area contributed by atoms with E-state index in [1.165, 1.54) is 24.0 Å². The van der Waals surface area contributed by atoms with Crippen LogP contribution >= 0.6 is 0 Å². The summed E-state index contributed by atoms with van der Waals surface area (Å²) in [4.78, 5) is 0. The third kappa shape index (κ3) is 4.82. The van der Waals surface area contributed by atoms with Crippen LogP contribution in [0.15, 0.2) is 24.3 Å². The lowest BCUT2D eigenvalue weighted by molar-refractivity contribution is 0.0189. The van der Waals surface area contributed by atoms with Gasteiger partial charge in [-0.3, -0.25) is 0 Å². The van der Waals surface area contributed by atoms with Crippen LogP contribution in [0.5, 0.6) is 0 Å². The molecule has 0 radical (unpaired) electrons. The minimum absolute atomic E-state index is 0.323. The summed E-state index contributed by atoms with van der Waals surface area (Å²) in [6, 6.07) is 9.41. The van der Waals surface area contributed by atoms with E-state index in [1.807, 2.05) is 0 Å². The van der Waals surface area contributed by atoms with Crippen LogP contribution in [-0.4, -0.2) is 19.3 Å². The maximum atomic E-state index is 6.09. The Morgan fingerprint density at radius 1 is 1.24 bits per heavy atom. The van der Waals surface area contributed by atoms with E-state index in [0.717, 1.165) is 25.5 Å². The van der Waals surface area contributed by atoms with Crippen molar-refractivity contribution in [3.05, 3.63) is 35.4 Å². The number of hydrogen-bond donors (Lipinski definition) is 1.